The first-order valence-electron chi connectivity index (χ1n) is 5.65. The molecule has 0 radical (unpaired) electrons. The average molecular weight is 234 g/mol. The lowest BCUT2D eigenvalue weighted by Gasteiger charge is -2.43. The quantitative estimate of drug-likeness (QED) is 0.814. The first kappa shape index (κ1) is 10.6. The Kier molecular flexibility index (Phi) is 2.14. The van der Waals surface area contributed by atoms with Crippen LogP contribution in [-0.2, 0) is 15.4 Å². The van der Waals surface area contributed by atoms with Gasteiger partial charge in [-0.05, 0) is 19.9 Å². The van der Waals surface area contributed by atoms with E-state index >= 15 is 0 Å². The van der Waals surface area contributed by atoms with Crippen molar-refractivity contribution in [1.82, 2.24) is 5.32 Å². The summed E-state index contributed by atoms with van der Waals surface area (Å²) in [6.45, 7) is 4.30. The predicted octanol–water partition coefficient (Wildman–Crippen LogP) is 1.52. The highest BCUT2D eigenvalue weighted by Crippen LogP contribution is 2.46. The van der Waals surface area contributed by atoms with Crippen LogP contribution in [0.4, 0.5) is 0 Å². The minimum Gasteiger partial charge on any atom is -0.493 e. The third-order valence-corrected chi connectivity index (χ3v) is 2.88. The normalized spacial score (nSPS) is 29.8. The molecule has 1 spiro atoms. The van der Waals surface area contributed by atoms with E-state index in [1.54, 1.807) is 0 Å². The van der Waals surface area contributed by atoms with Crippen molar-refractivity contribution in [2.45, 2.75) is 26.0 Å². The van der Waals surface area contributed by atoms with E-state index < -0.39 is 5.91 Å². The maximum atomic E-state index is 7.89. The Morgan fingerprint density at radius 3 is 2.88 bits per heavy atom. The molecule has 3 rings (SSSR count). The second kappa shape index (κ2) is 3.45. The van der Waals surface area contributed by atoms with Crippen LogP contribution in [0.2, 0.25) is 0 Å². The third kappa shape index (κ3) is 1.36. The van der Waals surface area contributed by atoms with Crippen molar-refractivity contribution in [1.29, 1.82) is 5.41 Å². The molecule has 1 saturated heterocycles. The molecule has 1 fully saturated rings. The van der Waals surface area contributed by atoms with Gasteiger partial charge in [-0.25, -0.2) is 0 Å². The molecule has 0 aromatic heterocycles. The van der Waals surface area contributed by atoms with Gasteiger partial charge in [-0.3, -0.25) is 14.9 Å². The zero-order valence-electron chi connectivity index (χ0n) is 9.74. The van der Waals surface area contributed by atoms with Gasteiger partial charge in [0.25, 0.3) is 5.91 Å². The van der Waals surface area contributed by atoms with Crippen LogP contribution in [0.15, 0.2) is 18.2 Å². The highest BCUT2D eigenvalue weighted by atomic mass is 16.9. The summed E-state index contributed by atoms with van der Waals surface area (Å²) >= 11 is 0. The number of fused-ring (bicyclic) bond motifs is 2. The lowest BCUT2D eigenvalue weighted by molar-refractivity contribution is -0.461. The molecule has 90 valence electrons. The van der Waals surface area contributed by atoms with Gasteiger partial charge < -0.3 is 10.1 Å². The van der Waals surface area contributed by atoms with Crippen LogP contribution in [0.1, 0.15) is 25.0 Å². The molecule has 1 aromatic carbocycles. The molecule has 5 heteroatoms. The van der Waals surface area contributed by atoms with E-state index in [2.05, 4.69) is 5.32 Å². The fourth-order valence-electron chi connectivity index (χ4n) is 2.30. The number of hydrogen-bond acceptors (Lipinski definition) is 4. The van der Waals surface area contributed by atoms with Crippen LogP contribution >= 0.6 is 0 Å². The lowest BCUT2D eigenvalue weighted by Crippen LogP contribution is -2.57. The van der Waals surface area contributed by atoms with Crippen LogP contribution in [0.3, 0.4) is 0 Å². The fraction of sp³-hybridized carbons (Fsp3) is 0.417. The molecule has 2 heterocycles. The van der Waals surface area contributed by atoms with Crippen molar-refractivity contribution in [2.75, 3.05) is 6.61 Å². The van der Waals surface area contributed by atoms with Gasteiger partial charge in [-0.2, -0.15) is 0 Å². The van der Waals surface area contributed by atoms with Gasteiger partial charge in [-0.1, -0.05) is 12.1 Å². The Morgan fingerprint density at radius 1 is 1.47 bits per heavy atom. The molecular formula is C12H14N2O3. The summed E-state index contributed by atoms with van der Waals surface area (Å²) in [6, 6.07) is 5.58. The molecular weight excluding hydrogens is 220 g/mol. The second-order valence-corrected chi connectivity index (χ2v) is 4.03. The Hall–Kier alpha value is -1.59. The monoisotopic (exact) mass is 234 g/mol. The van der Waals surface area contributed by atoms with Gasteiger partial charge in [0.05, 0.1) is 12.2 Å². The van der Waals surface area contributed by atoms with E-state index in [0.29, 0.717) is 18.2 Å². The minimum atomic E-state index is -1.02. The van der Waals surface area contributed by atoms with Gasteiger partial charge >= 0.3 is 0 Å². The molecule has 1 aromatic rings. The van der Waals surface area contributed by atoms with Crippen LogP contribution < -0.4 is 10.1 Å². The molecule has 2 aliphatic heterocycles. The summed E-state index contributed by atoms with van der Waals surface area (Å²) in [5.41, 5.74) is 1.54. The van der Waals surface area contributed by atoms with Crippen molar-refractivity contribution in [3.8, 4) is 5.75 Å². The molecule has 2 aliphatic rings. The highest BCUT2D eigenvalue weighted by Gasteiger charge is 2.55. The summed E-state index contributed by atoms with van der Waals surface area (Å²) in [7, 11) is 0. The molecule has 0 atom stereocenters. The number of nitrogens with one attached hydrogen (secondary N) is 2. The summed E-state index contributed by atoms with van der Waals surface area (Å²) in [5, 5.41) is 10.8. The topological polar surface area (TPSA) is 63.6 Å². The maximum absolute atomic E-state index is 7.89. The SMILES string of the molecule is CCOc1cccc2c1C1(NC2=N)OC(C)O1. The van der Waals surface area contributed by atoms with Crippen molar-refractivity contribution in [2.24, 2.45) is 0 Å². The summed E-state index contributed by atoms with van der Waals surface area (Å²) in [4.78, 5) is 0. The molecule has 0 unspecified atom stereocenters. The van der Waals surface area contributed by atoms with E-state index in [1.807, 2.05) is 32.0 Å². The summed E-state index contributed by atoms with van der Waals surface area (Å²) in [5.74, 6) is -0.0162. The van der Waals surface area contributed by atoms with E-state index in [1.165, 1.54) is 0 Å². The van der Waals surface area contributed by atoms with Crippen molar-refractivity contribution < 1.29 is 14.2 Å². The van der Waals surface area contributed by atoms with Gasteiger partial charge in [0.2, 0.25) is 0 Å². The standard InChI is InChI=1S/C12H14N2O3/c1-3-15-9-6-4-5-8-10(9)12(14-11(8)13)16-7(2)17-12/h4-7H,3H2,1-2H3,(H2,13,14). The zero-order valence-corrected chi connectivity index (χ0v) is 9.74. The molecule has 5 nitrogen and oxygen atoms in total. The molecule has 0 saturated carbocycles. The molecule has 0 bridgehead atoms. The van der Waals surface area contributed by atoms with Gasteiger partial charge in [0.1, 0.15) is 11.6 Å². The van der Waals surface area contributed by atoms with Crippen molar-refractivity contribution in [3.63, 3.8) is 0 Å². The third-order valence-electron chi connectivity index (χ3n) is 2.88. The zero-order chi connectivity index (χ0) is 12.0. The average Bonchev–Trinajstić information content (AvgIpc) is 2.54. The van der Waals surface area contributed by atoms with Gasteiger partial charge in [0.15, 0.2) is 6.29 Å². The van der Waals surface area contributed by atoms with Gasteiger partial charge in [0, 0.05) is 5.56 Å². The van der Waals surface area contributed by atoms with Crippen LogP contribution in [0.25, 0.3) is 0 Å². The van der Waals surface area contributed by atoms with Crippen LogP contribution in [0.5, 0.6) is 5.75 Å². The van der Waals surface area contributed by atoms with E-state index in [0.717, 1.165) is 11.1 Å². The minimum absolute atomic E-state index is 0.268. The Morgan fingerprint density at radius 2 is 2.24 bits per heavy atom. The highest BCUT2D eigenvalue weighted by molar-refractivity contribution is 6.02. The number of ether oxygens (including phenoxy) is 3. The van der Waals surface area contributed by atoms with E-state index in [-0.39, 0.29) is 6.29 Å². The number of amidine groups is 1. The summed E-state index contributed by atoms with van der Waals surface area (Å²) in [6.07, 6.45) is -0.268. The number of benzene rings is 1. The molecule has 17 heavy (non-hydrogen) atoms. The maximum Gasteiger partial charge on any atom is 0.287 e. The van der Waals surface area contributed by atoms with Gasteiger partial charge in [-0.15, -0.1) is 0 Å². The Labute approximate surface area is 99.2 Å². The second-order valence-electron chi connectivity index (χ2n) is 4.03. The summed E-state index contributed by atoms with van der Waals surface area (Å²) < 4.78 is 16.8. The van der Waals surface area contributed by atoms with E-state index in [9.17, 15) is 0 Å². The fourth-order valence-corrected chi connectivity index (χ4v) is 2.30. The number of rotatable bonds is 2. The first-order chi connectivity index (χ1) is 8.16. The first-order valence-corrected chi connectivity index (χ1v) is 5.65. The molecule has 0 amide bonds. The van der Waals surface area contributed by atoms with Crippen LogP contribution in [-0.4, -0.2) is 18.7 Å². The van der Waals surface area contributed by atoms with E-state index in [4.69, 9.17) is 19.6 Å². The van der Waals surface area contributed by atoms with Crippen LogP contribution in [0, 0.1) is 5.41 Å². The lowest BCUT2D eigenvalue weighted by atomic mass is 10.1. The number of hydrogen-bond donors (Lipinski definition) is 2. The molecule has 2 N–H and O–H groups in total. The Bertz CT molecular complexity index is 481. The smallest absolute Gasteiger partial charge is 0.287 e. The molecule has 0 aliphatic carbocycles. The largest absolute Gasteiger partial charge is 0.493 e. The Balaban J connectivity index is 2.10. The van der Waals surface area contributed by atoms with Crippen molar-refractivity contribution in [3.05, 3.63) is 29.3 Å². The van der Waals surface area contributed by atoms with Crippen molar-refractivity contribution >= 4 is 5.84 Å². The predicted molar refractivity (Wildman–Crippen MR) is 60.9 cm³/mol.